The normalized spacial score (nSPS) is 13.1. The second-order valence-corrected chi connectivity index (χ2v) is 11.6. The zero-order valence-corrected chi connectivity index (χ0v) is 23.5. The fourth-order valence-electron chi connectivity index (χ4n) is 3.47. The monoisotopic (exact) mass is 562 g/mol. The molecule has 0 fully saturated rings. The first-order chi connectivity index (χ1) is 18.0. The van der Waals surface area contributed by atoms with Gasteiger partial charge in [-0.2, -0.15) is 0 Å². The summed E-state index contributed by atoms with van der Waals surface area (Å²) in [5, 5.41) is 5.59. The average Bonchev–Trinajstić information content (AvgIpc) is 3.51. The van der Waals surface area contributed by atoms with E-state index in [1.807, 2.05) is 19.1 Å². The van der Waals surface area contributed by atoms with Gasteiger partial charge in [0.05, 0.1) is 13.2 Å². The molecular formula is C25H31N4O7PS. The van der Waals surface area contributed by atoms with Crippen LogP contribution in [0.3, 0.4) is 0 Å². The maximum absolute atomic E-state index is 14.1. The van der Waals surface area contributed by atoms with Crippen molar-refractivity contribution < 1.29 is 32.8 Å². The van der Waals surface area contributed by atoms with Crippen LogP contribution in [0.15, 0.2) is 40.8 Å². The van der Waals surface area contributed by atoms with Crippen molar-refractivity contribution in [2.24, 2.45) is 0 Å². The smallest absolute Gasteiger partial charge is 0.323 e. The number of ketones is 1. The Hall–Kier alpha value is -3.31. The molecule has 2 atom stereocenters. The van der Waals surface area contributed by atoms with E-state index in [-0.39, 0.29) is 46.0 Å². The van der Waals surface area contributed by atoms with Gasteiger partial charge >= 0.3 is 11.9 Å². The number of nitrogens with zero attached hydrogens (tertiary/aromatic N) is 1. The molecule has 2 heterocycles. The summed E-state index contributed by atoms with van der Waals surface area (Å²) in [5.41, 5.74) is 7.48. The lowest BCUT2D eigenvalue weighted by molar-refractivity contribution is -0.145. The number of nitrogen functional groups attached to an aromatic ring is 1. The number of nitrogens with one attached hydrogen (secondary N) is 2. The lowest BCUT2D eigenvalue weighted by atomic mass is 10.1. The van der Waals surface area contributed by atoms with Crippen molar-refractivity contribution in [1.29, 1.82) is 0 Å². The fraction of sp³-hybridized carbons (Fsp3) is 0.360. The van der Waals surface area contributed by atoms with Crippen LogP contribution in [0, 0.1) is 6.92 Å². The first kappa shape index (κ1) is 29.2. The SMILES string of the molecule is CCOC(=O)[C@H](C)NP(=O)(N[C@@H](C)C(=O)OCC)c1ccc(-c2nc(N)sc2C(=O)c2ccc(C)cc2)o1. The second kappa shape index (κ2) is 12.5. The van der Waals surface area contributed by atoms with Gasteiger partial charge in [-0.25, -0.2) is 15.2 Å². The number of carbonyl (C=O) groups is 3. The highest BCUT2D eigenvalue weighted by Crippen LogP contribution is 2.40. The number of hydrogen-bond acceptors (Lipinski definition) is 10. The van der Waals surface area contributed by atoms with Gasteiger partial charge < -0.3 is 19.6 Å². The zero-order chi connectivity index (χ0) is 28.0. The van der Waals surface area contributed by atoms with Crippen LogP contribution in [0.1, 0.15) is 48.5 Å². The minimum absolute atomic E-state index is 0.0971. The molecule has 204 valence electrons. The molecule has 2 aromatic heterocycles. The summed E-state index contributed by atoms with van der Waals surface area (Å²) in [6, 6.07) is 7.96. The van der Waals surface area contributed by atoms with E-state index >= 15 is 0 Å². The summed E-state index contributed by atoms with van der Waals surface area (Å²) >= 11 is 1.01. The third-order valence-corrected chi connectivity index (χ3v) is 8.58. The largest absolute Gasteiger partial charge is 0.465 e. The zero-order valence-electron chi connectivity index (χ0n) is 21.8. The fourth-order valence-corrected chi connectivity index (χ4v) is 6.41. The van der Waals surface area contributed by atoms with E-state index in [0.29, 0.717) is 5.56 Å². The van der Waals surface area contributed by atoms with Gasteiger partial charge in [-0.05, 0) is 46.8 Å². The first-order valence-corrected chi connectivity index (χ1v) is 14.5. The van der Waals surface area contributed by atoms with Crippen LogP contribution < -0.4 is 21.4 Å². The van der Waals surface area contributed by atoms with Crippen molar-refractivity contribution in [2.75, 3.05) is 18.9 Å². The van der Waals surface area contributed by atoms with Gasteiger partial charge in [-0.3, -0.25) is 18.9 Å². The molecule has 0 unspecified atom stereocenters. The number of thiazole rings is 1. The Morgan fingerprint density at radius 1 is 1.00 bits per heavy atom. The maximum Gasteiger partial charge on any atom is 0.323 e. The van der Waals surface area contributed by atoms with Crippen LogP contribution in [0.5, 0.6) is 0 Å². The number of aromatic nitrogens is 1. The molecule has 0 aliphatic rings. The van der Waals surface area contributed by atoms with E-state index < -0.39 is 31.5 Å². The quantitative estimate of drug-likeness (QED) is 0.168. The number of carbonyl (C=O) groups excluding carboxylic acids is 3. The van der Waals surface area contributed by atoms with Crippen molar-refractivity contribution in [3.63, 3.8) is 0 Å². The summed E-state index contributed by atoms with van der Waals surface area (Å²) in [7, 11) is -3.94. The molecule has 0 aliphatic carbocycles. The van der Waals surface area contributed by atoms with E-state index in [1.54, 1.807) is 26.0 Å². The van der Waals surface area contributed by atoms with Crippen LogP contribution >= 0.6 is 18.8 Å². The molecule has 11 nitrogen and oxygen atoms in total. The lowest BCUT2D eigenvalue weighted by Gasteiger charge is -2.24. The van der Waals surface area contributed by atoms with Gasteiger partial charge in [0.1, 0.15) is 22.7 Å². The number of esters is 2. The molecule has 1 aromatic carbocycles. The third kappa shape index (κ3) is 6.76. The summed E-state index contributed by atoms with van der Waals surface area (Å²) in [6.07, 6.45) is 0. The van der Waals surface area contributed by atoms with E-state index in [1.165, 1.54) is 26.0 Å². The Balaban J connectivity index is 1.99. The van der Waals surface area contributed by atoms with Crippen molar-refractivity contribution in [2.45, 2.75) is 46.7 Å². The van der Waals surface area contributed by atoms with Crippen LogP contribution in [0.2, 0.25) is 0 Å². The Morgan fingerprint density at radius 2 is 1.55 bits per heavy atom. The summed E-state index contributed by atoms with van der Waals surface area (Å²) in [5.74, 6) is -1.43. The minimum Gasteiger partial charge on any atom is -0.465 e. The third-order valence-electron chi connectivity index (χ3n) is 5.33. The molecule has 0 amide bonds. The van der Waals surface area contributed by atoms with Gasteiger partial charge in [-0.1, -0.05) is 41.2 Å². The topological polar surface area (TPSA) is 163 Å². The predicted octanol–water partition coefficient (Wildman–Crippen LogP) is 3.43. The van der Waals surface area contributed by atoms with Gasteiger partial charge in [0.2, 0.25) is 5.78 Å². The average molecular weight is 563 g/mol. The van der Waals surface area contributed by atoms with Crippen LogP contribution in [0.4, 0.5) is 5.13 Å². The number of ether oxygens (including phenoxy) is 2. The molecule has 0 saturated carbocycles. The highest BCUT2D eigenvalue weighted by Gasteiger charge is 2.36. The van der Waals surface area contributed by atoms with Crippen LogP contribution in [0.25, 0.3) is 11.5 Å². The molecule has 0 bridgehead atoms. The number of nitrogens with two attached hydrogens (primary N) is 1. The Bertz CT molecular complexity index is 1320. The standard InChI is InChI=1S/C25H31N4O7PS/c1-6-34-23(31)15(4)28-37(33,29-16(5)24(32)35-7-2)19-13-12-18(36-19)20-22(38-25(26)27-20)21(30)17-10-8-14(3)9-11-17/h8-13,15-16H,6-7H2,1-5H3,(H2,26,27)(H2,28,29,33)/t15-,16-/m0/s1. The van der Waals surface area contributed by atoms with Crippen molar-refractivity contribution in [3.05, 3.63) is 52.4 Å². The van der Waals surface area contributed by atoms with Crippen molar-refractivity contribution in [1.82, 2.24) is 15.2 Å². The molecule has 4 N–H and O–H groups in total. The van der Waals surface area contributed by atoms with E-state index in [9.17, 15) is 18.9 Å². The molecular weight excluding hydrogens is 531 g/mol. The Labute approximate surface area is 224 Å². The lowest BCUT2D eigenvalue weighted by Crippen LogP contribution is -2.44. The summed E-state index contributed by atoms with van der Waals surface area (Å²) < 4.78 is 30.1. The minimum atomic E-state index is -3.94. The highest BCUT2D eigenvalue weighted by molar-refractivity contribution is 7.67. The highest BCUT2D eigenvalue weighted by atomic mass is 32.1. The molecule has 3 aromatic rings. The molecule has 38 heavy (non-hydrogen) atoms. The summed E-state index contributed by atoms with van der Waals surface area (Å²) in [6.45, 7) is 8.44. The maximum atomic E-state index is 14.1. The number of furan rings is 1. The predicted molar refractivity (Wildman–Crippen MR) is 145 cm³/mol. The van der Waals surface area contributed by atoms with E-state index in [0.717, 1.165) is 16.9 Å². The number of rotatable bonds is 12. The number of benzene rings is 1. The number of anilines is 1. The van der Waals surface area contributed by atoms with Crippen LogP contribution in [-0.4, -0.2) is 48.0 Å². The van der Waals surface area contributed by atoms with Gasteiger partial charge in [0.15, 0.2) is 16.4 Å². The molecule has 0 saturated heterocycles. The first-order valence-electron chi connectivity index (χ1n) is 12.0. The van der Waals surface area contributed by atoms with Crippen molar-refractivity contribution in [3.8, 4) is 11.5 Å². The number of aryl methyl sites for hydroxylation is 1. The van der Waals surface area contributed by atoms with Gasteiger partial charge in [0.25, 0.3) is 7.44 Å². The number of hydrogen-bond donors (Lipinski definition) is 3. The molecule has 0 radical (unpaired) electrons. The van der Waals surface area contributed by atoms with E-state index in [4.69, 9.17) is 19.6 Å². The van der Waals surface area contributed by atoms with Crippen molar-refractivity contribution >= 4 is 47.1 Å². The molecule has 13 heteroatoms. The van der Waals surface area contributed by atoms with Gasteiger partial charge in [-0.15, -0.1) is 0 Å². The molecule has 3 rings (SSSR count). The summed E-state index contributed by atoms with van der Waals surface area (Å²) in [4.78, 5) is 42.3. The van der Waals surface area contributed by atoms with Gasteiger partial charge in [0, 0.05) is 5.56 Å². The second-order valence-electron chi connectivity index (χ2n) is 8.38. The Morgan fingerprint density at radius 3 is 2.08 bits per heavy atom. The van der Waals surface area contributed by atoms with E-state index in [2.05, 4.69) is 15.2 Å². The van der Waals surface area contributed by atoms with Crippen LogP contribution in [-0.2, 0) is 23.6 Å². The molecule has 0 spiro atoms. The molecule has 0 aliphatic heterocycles. The Kier molecular flexibility index (Phi) is 9.61.